The first-order valence-electron chi connectivity index (χ1n) is 3.84. The quantitative estimate of drug-likeness (QED) is 0.614. The van der Waals surface area contributed by atoms with Gasteiger partial charge in [-0.3, -0.25) is 14.4 Å². The van der Waals surface area contributed by atoms with Gasteiger partial charge in [-0.05, 0) is 12.1 Å². The minimum atomic E-state index is -0.736. The van der Waals surface area contributed by atoms with Crippen molar-refractivity contribution in [2.75, 3.05) is 0 Å². The van der Waals surface area contributed by atoms with Gasteiger partial charge in [-0.25, -0.2) is 0 Å². The molecule has 1 aromatic rings. The van der Waals surface area contributed by atoms with Crippen molar-refractivity contribution in [1.82, 2.24) is 5.32 Å². The summed E-state index contributed by atoms with van der Waals surface area (Å²) in [5.41, 5.74) is 5.26. The molecule has 0 bridgehead atoms. The maximum Gasteiger partial charge on any atom is 0.282 e. The molecule has 1 aromatic carbocycles. The number of primary amides is 1. The molecule has 2 N–H and O–H groups in total. The Bertz CT molecular complexity index is 465. The van der Waals surface area contributed by atoms with E-state index in [1.807, 2.05) is 0 Å². The minimum Gasteiger partial charge on any atom is -0.366 e. The summed E-state index contributed by atoms with van der Waals surface area (Å²) in [5, 5.41) is 3.21. The lowest BCUT2D eigenvalue weighted by atomic mass is 10.0. The van der Waals surface area contributed by atoms with Crippen molar-refractivity contribution in [3.05, 3.63) is 34.9 Å². The lowest BCUT2D eigenvalue weighted by Gasteiger charge is -1.99. The molecule has 1 aliphatic heterocycles. The molecular formula is C9H5N2O3. The molecule has 1 radical (unpaired) electrons. The van der Waals surface area contributed by atoms with Crippen LogP contribution in [0.3, 0.4) is 0 Å². The number of imide groups is 1. The lowest BCUT2D eigenvalue weighted by Crippen LogP contribution is -2.16. The van der Waals surface area contributed by atoms with Gasteiger partial charge in [-0.2, -0.15) is 5.32 Å². The highest BCUT2D eigenvalue weighted by atomic mass is 16.2. The predicted molar refractivity (Wildman–Crippen MR) is 45.8 cm³/mol. The number of fused-ring (bicyclic) bond motifs is 1. The minimum absolute atomic E-state index is 0.0185. The van der Waals surface area contributed by atoms with Crippen molar-refractivity contribution in [2.45, 2.75) is 0 Å². The number of nitrogens with two attached hydrogens (primary N) is 1. The molecule has 5 nitrogen and oxygen atoms in total. The van der Waals surface area contributed by atoms with E-state index in [1.54, 1.807) is 0 Å². The fraction of sp³-hybridized carbons (Fsp3) is 0. The Morgan fingerprint density at radius 1 is 1.21 bits per heavy atom. The van der Waals surface area contributed by atoms with Crippen molar-refractivity contribution in [1.29, 1.82) is 0 Å². The average Bonchev–Trinajstić information content (AvgIpc) is 2.43. The van der Waals surface area contributed by atoms with Crippen LogP contribution in [0.1, 0.15) is 31.1 Å². The SMILES string of the molecule is NC(=O)c1cccc2c1C(=O)[N]C2=O. The summed E-state index contributed by atoms with van der Waals surface area (Å²) in [7, 11) is 0. The molecule has 14 heavy (non-hydrogen) atoms. The van der Waals surface area contributed by atoms with Gasteiger partial charge in [0.1, 0.15) is 0 Å². The van der Waals surface area contributed by atoms with Crippen molar-refractivity contribution in [3.63, 3.8) is 0 Å². The highest BCUT2D eigenvalue weighted by molar-refractivity contribution is 6.24. The number of nitrogens with zero attached hydrogens (tertiary/aromatic N) is 1. The van der Waals surface area contributed by atoms with Crippen LogP contribution in [0.25, 0.3) is 0 Å². The van der Waals surface area contributed by atoms with Crippen molar-refractivity contribution in [3.8, 4) is 0 Å². The molecule has 0 saturated carbocycles. The Labute approximate surface area is 78.9 Å². The zero-order valence-corrected chi connectivity index (χ0v) is 6.98. The predicted octanol–water partition coefficient (Wildman–Crippen LogP) is -0.316. The molecule has 3 amide bonds. The Balaban J connectivity index is 2.74. The number of rotatable bonds is 1. The van der Waals surface area contributed by atoms with Crippen molar-refractivity contribution < 1.29 is 14.4 Å². The summed E-state index contributed by atoms with van der Waals surface area (Å²) >= 11 is 0. The molecule has 1 aliphatic rings. The van der Waals surface area contributed by atoms with Crippen LogP contribution in [-0.2, 0) is 0 Å². The Morgan fingerprint density at radius 2 is 1.93 bits per heavy atom. The summed E-state index contributed by atoms with van der Waals surface area (Å²) in [4.78, 5) is 33.2. The van der Waals surface area contributed by atoms with E-state index in [0.29, 0.717) is 0 Å². The van der Waals surface area contributed by atoms with E-state index in [0.717, 1.165) is 0 Å². The van der Waals surface area contributed by atoms with Gasteiger partial charge >= 0.3 is 0 Å². The third-order valence-electron chi connectivity index (χ3n) is 1.98. The van der Waals surface area contributed by atoms with E-state index < -0.39 is 17.7 Å². The fourth-order valence-electron chi connectivity index (χ4n) is 1.37. The lowest BCUT2D eigenvalue weighted by molar-refractivity contribution is 0.0868. The Hall–Kier alpha value is -2.17. The fourth-order valence-corrected chi connectivity index (χ4v) is 1.37. The van der Waals surface area contributed by atoms with Crippen LogP contribution in [0.2, 0.25) is 0 Å². The number of carbonyl (C=O) groups excluding carboxylic acids is 3. The molecule has 69 valence electrons. The van der Waals surface area contributed by atoms with Gasteiger partial charge in [0.05, 0.1) is 16.7 Å². The number of amides is 3. The first-order chi connectivity index (χ1) is 6.61. The van der Waals surface area contributed by atoms with Crippen LogP contribution in [-0.4, -0.2) is 17.7 Å². The molecule has 0 aliphatic carbocycles. The van der Waals surface area contributed by atoms with Gasteiger partial charge in [0.25, 0.3) is 11.8 Å². The molecule has 2 rings (SSSR count). The van der Waals surface area contributed by atoms with Crippen LogP contribution in [0.4, 0.5) is 0 Å². The first-order valence-corrected chi connectivity index (χ1v) is 3.84. The second-order valence-electron chi connectivity index (χ2n) is 2.81. The van der Waals surface area contributed by atoms with E-state index in [9.17, 15) is 14.4 Å². The number of benzene rings is 1. The largest absolute Gasteiger partial charge is 0.366 e. The molecule has 0 saturated heterocycles. The Kier molecular flexibility index (Phi) is 1.60. The van der Waals surface area contributed by atoms with Crippen LogP contribution >= 0.6 is 0 Å². The number of hydrogen-bond acceptors (Lipinski definition) is 3. The van der Waals surface area contributed by atoms with Gasteiger partial charge < -0.3 is 5.73 Å². The van der Waals surface area contributed by atoms with Gasteiger partial charge in [-0.15, -0.1) is 0 Å². The molecular weight excluding hydrogens is 184 g/mol. The van der Waals surface area contributed by atoms with E-state index in [-0.39, 0.29) is 16.7 Å². The van der Waals surface area contributed by atoms with Crippen LogP contribution < -0.4 is 11.1 Å². The van der Waals surface area contributed by atoms with E-state index in [4.69, 9.17) is 5.73 Å². The summed E-state index contributed by atoms with van der Waals surface area (Å²) in [5.74, 6) is -2.05. The number of carbonyl (C=O) groups is 3. The van der Waals surface area contributed by atoms with Crippen molar-refractivity contribution in [2.24, 2.45) is 5.73 Å². The van der Waals surface area contributed by atoms with Gasteiger partial charge in [0.15, 0.2) is 0 Å². The smallest absolute Gasteiger partial charge is 0.282 e. The van der Waals surface area contributed by atoms with E-state index in [2.05, 4.69) is 5.32 Å². The molecule has 1 heterocycles. The second-order valence-corrected chi connectivity index (χ2v) is 2.81. The summed E-state index contributed by atoms with van der Waals surface area (Å²) in [6.07, 6.45) is 0. The number of hydrogen-bond donors (Lipinski definition) is 1. The standard InChI is InChI=1S/C9H5N2O3/c10-7(12)4-2-1-3-5-6(4)9(14)11-8(5)13/h1-3H,(H2,10,12). The third kappa shape index (κ3) is 0.990. The monoisotopic (exact) mass is 189 g/mol. The molecule has 0 atom stereocenters. The van der Waals surface area contributed by atoms with Crippen LogP contribution in [0.15, 0.2) is 18.2 Å². The summed E-state index contributed by atoms with van der Waals surface area (Å²) in [6, 6.07) is 4.33. The summed E-state index contributed by atoms with van der Waals surface area (Å²) < 4.78 is 0. The molecule has 0 aromatic heterocycles. The molecule has 0 fully saturated rings. The first kappa shape index (κ1) is 8.43. The van der Waals surface area contributed by atoms with Gasteiger partial charge in [0.2, 0.25) is 5.91 Å². The van der Waals surface area contributed by atoms with E-state index in [1.165, 1.54) is 18.2 Å². The Morgan fingerprint density at radius 3 is 2.57 bits per heavy atom. The highest BCUT2D eigenvalue weighted by Gasteiger charge is 2.32. The van der Waals surface area contributed by atoms with Gasteiger partial charge in [0, 0.05) is 0 Å². The van der Waals surface area contributed by atoms with E-state index >= 15 is 0 Å². The highest BCUT2D eigenvalue weighted by Crippen LogP contribution is 2.20. The molecule has 5 heteroatoms. The maximum absolute atomic E-state index is 11.2. The normalized spacial score (nSPS) is 13.7. The zero-order chi connectivity index (χ0) is 10.3. The van der Waals surface area contributed by atoms with Gasteiger partial charge in [-0.1, -0.05) is 6.07 Å². The third-order valence-corrected chi connectivity index (χ3v) is 1.98. The summed E-state index contributed by atoms with van der Waals surface area (Å²) in [6.45, 7) is 0. The second kappa shape index (κ2) is 2.66. The maximum atomic E-state index is 11.2. The van der Waals surface area contributed by atoms with Crippen LogP contribution in [0, 0.1) is 0 Å². The van der Waals surface area contributed by atoms with Crippen molar-refractivity contribution >= 4 is 17.7 Å². The van der Waals surface area contributed by atoms with Crippen LogP contribution in [0.5, 0.6) is 0 Å². The molecule has 0 unspecified atom stereocenters. The molecule has 0 spiro atoms. The zero-order valence-electron chi connectivity index (χ0n) is 6.98. The average molecular weight is 189 g/mol. The topological polar surface area (TPSA) is 91.3 Å².